The summed E-state index contributed by atoms with van der Waals surface area (Å²) in [4.78, 5) is 21.9. The summed E-state index contributed by atoms with van der Waals surface area (Å²) in [6.07, 6.45) is 0.473. The molecule has 15 heavy (non-hydrogen) atoms. The number of ether oxygens (including phenoxy) is 1. The lowest BCUT2D eigenvalue weighted by atomic mass is 10.1. The number of rotatable bonds is 4. The fourth-order valence-electron chi connectivity index (χ4n) is 1.27. The molecule has 1 aromatic carbocycles. The van der Waals surface area contributed by atoms with Crippen LogP contribution in [0, 0.1) is 5.82 Å². The van der Waals surface area contributed by atoms with E-state index in [0.717, 1.165) is 12.1 Å². The highest BCUT2D eigenvalue weighted by atomic mass is 19.1. The lowest BCUT2D eigenvalue weighted by molar-refractivity contribution is 0.101. The van der Waals surface area contributed by atoms with Gasteiger partial charge in [0.25, 0.3) is 0 Å². The minimum absolute atomic E-state index is 0.0575. The first-order valence-electron chi connectivity index (χ1n) is 4.52. The van der Waals surface area contributed by atoms with Crippen LogP contribution in [0.2, 0.25) is 0 Å². The van der Waals surface area contributed by atoms with Crippen molar-refractivity contribution >= 4 is 12.1 Å². The highest BCUT2D eigenvalue weighted by molar-refractivity contribution is 5.99. The summed E-state index contributed by atoms with van der Waals surface area (Å²) < 4.78 is 18.2. The molecule has 0 spiro atoms. The number of halogens is 1. The third kappa shape index (κ3) is 2.40. The van der Waals surface area contributed by atoms with Crippen molar-refractivity contribution < 1.29 is 18.7 Å². The van der Waals surface area contributed by atoms with Gasteiger partial charge in [-0.05, 0) is 26.0 Å². The highest BCUT2D eigenvalue weighted by Gasteiger charge is 2.15. The van der Waals surface area contributed by atoms with Crippen LogP contribution in [0.3, 0.4) is 0 Å². The standard InChI is InChI=1S/C11H11FO3/c1-3-15-11-8(6-13)4-9(12)5-10(11)7(2)14/h4-6H,3H2,1-2H3. The van der Waals surface area contributed by atoms with Gasteiger partial charge in [0.05, 0.1) is 17.7 Å². The van der Waals surface area contributed by atoms with Gasteiger partial charge in [-0.3, -0.25) is 9.59 Å². The van der Waals surface area contributed by atoms with Crippen LogP contribution in [-0.2, 0) is 0 Å². The summed E-state index contributed by atoms with van der Waals surface area (Å²) in [7, 11) is 0. The number of benzene rings is 1. The minimum atomic E-state index is -0.620. The highest BCUT2D eigenvalue weighted by Crippen LogP contribution is 2.25. The summed E-state index contributed by atoms with van der Waals surface area (Å²) in [6, 6.07) is 2.12. The normalized spacial score (nSPS) is 9.80. The molecule has 0 unspecified atom stereocenters. The molecular formula is C11H11FO3. The van der Waals surface area contributed by atoms with Gasteiger partial charge in [-0.25, -0.2) is 4.39 Å². The molecule has 4 heteroatoms. The topological polar surface area (TPSA) is 43.4 Å². The van der Waals surface area contributed by atoms with Crippen LogP contribution in [0.5, 0.6) is 5.75 Å². The van der Waals surface area contributed by atoms with E-state index in [1.807, 2.05) is 0 Å². The Bertz CT molecular complexity index is 399. The molecule has 0 saturated carbocycles. The first-order valence-corrected chi connectivity index (χ1v) is 4.52. The number of ketones is 1. The SMILES string of the molecule is CCOc1c(C=O)cc(F)cc1C(C)=O. The van der Waals surface area contributed by atoms with E-state index in [-0.39, 0.29) is 22.7 Å². The van der Waals surface area contributed by atoms with Crippen molar-refractivity contribution in [2.24, 2.45) is 0 Å². The lowest BCUT2D eigenvalue weighted by Crippen LogP contribution is -2.05. The van der Waals surface area contributed by atoms with Gasteiger partial charge < -0.3 is 4.74 Å². The van der Waals surface area contributed by atoms with Crippen LogP contribution in [0.15, 0.2) is 12.1 Å². The average Bonchev–Trinajstić information content (AvgIpc) is 2.19. The number of aldehydes is 1. The van der Waals surface area contributed by atoms with Crippen molar-refractivity contribution in [3.8, 4) is 5.75 Å². The van der Waals surface area contributed by atoms with E-state index in [2.05, 4.69) is 0 Å². The van der Waals surface area contributed by atoms with E-state index >= 15 is 0 Å². The average molecular weight is 210 g/mol. The molecule has 0 N–H and O–H groups in total. The molecule has 0 aromatic heterocycles. The van der Waals surface area contributed by atoms with Crippen molar-refractivity contribution in [3.63, 3.8) is 0 Å². The van der Waals surface area contributed by atoms with E-state index in [9.17, 15) is 14.0 Å². The van der Waals surface area contributed by atoms with Gasteiger partial charge >= 0.3 is 0 Å². The molecule has 0 aliphatic heterocycles. The van der Waals surface area contributed by atoms with E-state index in [1.54, 1.807) is 6.92 Å². The van der Waals surface area contributed by atoms with Crippen LogP contribution < -0.4 is 4.74 Å². The summed E-state index contributed by atoms with van der Waals surface area (Å²) in [5.41, 5.74) is 0.154. The zero-order valence-corrected chi connectivity index (χ0v) is 8.54. The predicted octanol–water partition coefficient (Wildman–Crippen LogP) is 2.24. The van der Waals surface area contributed by atoms with E-state index in [0.29, 0.717) is 12.9 Å². The summed E-state index contributed by atoms with van der Waals surface area (Å²) >= 11 is 0. The number of hydrogen-bond donors (Lipinski definition) is 0. The van der Waals surface area contributed by atoms with Gasteiger partial charge in [0, 0.05) is 0 Å². The quantitative estimate of drug-likeness (QED) is 0.565. The van der Waals surface area contributed by atoms with E-state index < -0.39 is 5.82 Å². The van der Waals surface area contributed by atoms with Gasteiger partial charge in [0.1, 0.15) is 11.6 Å². The fraction of sp³-hybridized carbons (Fsp3) is 0.273. The Morgan fingerprint density at radius 3 is 2.67 bits per heavy atom. The monoisotopic (exact) mass is 210 g/mol. The molecule has 0 atom stereocenters. The number of carbonyl (C=O) groups is 2. The Hall–Kier alpha value is -1.71. The molecule has 0 radical (unpaired) electrons. The zero-order valence-electron chi connectivity index (χ0n) is 8.54. The van der Waals surface area contributed by atoms with Gasteiger partial charge in [-0.1, -0.05) is 0 Å². The second kappa shape index (κ2) is 4.68. The fourth-order valence-corrected chi connectivity index (χ4v) is 1.27. The van der Waals surface area contributed by atoms with Crippen LogP contribution in [0.25, 0.3) is 0 Å². The molecule has 0 amide bonds. The Balaban J connectivity index is 3.39. The molecule has 0 aliphatic rings. The maximum Gasteiger partial charge on any atom is 0.163 e. The molecule has 0 bridgehead atoms. The molecule has 3 nitrogen and oxygen atoms in total. The molecule has 1 rings (SSSR count). The summed E-state index contributed by atoms with van der Waals surface area (Å²) in [5, 5.41) is 0. The maximum absolute atomic E-state index is 13.0. The van der Waals surface area contributed by atoms with Crippen molar-refractivity contribution in [2.75, 3.05) is 6.61 Å². The van der Waals surface area contributed by atoms with Gasteiger partial charge in [-0.15, -0.1) is 0 Å². The third-order valence-corrected chi connectivity index (χ3v) is 1.88. The van der Waals surface area contributed by atoms with Crippen LogP contribution in [0.1, 0.15) is 34.6 Å². The molecular weight excluding hydrogens is 199 g/mol. The van der Waals surface area contributed by atoms with E-state index in [1.165, 1.54) is 6.92 Å². The van der Waals surface area contributed by atoms with Crippen molar-refractivity contribution in [3.05, 3.63) is 29.1 Å². The number of carbonyl (C=O) groups excluding carboxylic acids is 2. The number of hydrogen-bond acceptors (Lipinski definition) is 3. The van der Waals surface area contributed by atoms with Crippen LogP contribution >= 0.6 is 0 Å². The second-order valence-electron chi connectivity index (χ2n) is 2.98. The van der Waals surface area contributed by atoms with Crippen LogP contribution in [0.4, 0.5) is 4.39 Å². The van der Waals surface area contributed by atoms with Crippen molar-refractivity contribution in [1.29, 1.82) is 0 Å². The molecule has 0 saturated heterocycles. The summed E-state index contributed by atoms with van der Waals surface area (Å²) in [5.74, 6) is -0.798. The Labute approximate surface area is 86.9 Å². The van der Waals surface area contributed by atoms with Gasteiger partial charge in [-0.2, -0.15) is 0 Å². The van der Waals surface area contributed by atoms with Gasteiger partial charge in [0.2, 0.25) is 0 Å². The van der Waals surface area contributed by atoms with Gasteiger partial charge in [0.15, 0.2) is 12.1 Å². The Morgan fingerprint density at radius 2 is 2.20 bits per heavy atom. The first kappa shape index (κ1) is 11.4. The van der Waals surface area contributed by atoms with Crippen molar-refractivity contribution in [2.45, 2.75) is 13.8 Å². The minimum Gasteiger partial charge on any atom is -0.492 e. The zero-order chi connectivity index (χ0) is 11.4. The predicted molar refractivity (Wildman–Crippen MR) is 53.0 cm³/mol. The lowest BCUT2D eigenvalue weighted by Gasteiger charge is -2.10. The van der Waals surface area contributed by atoms with E-state index in [4.69, 9.17) is 4.74 Å². The number of Topliss-reactive ketones (excluding diaryl/α,β-unsaturated/α-hetero) is 1. The largest absolute Gasteiger partial charge is 0.492 e. The molecule has 80 valence electrons. The Kier molecular flexibility index (Phi) is 3.55. The third-order valence-electron chi connectivity index (χ3n) is 1.88. The van der Waals surface area contributed by atoms with Crippen molar-refractivity contribution in [1.82, 2.24) is 0 Å². The molecule has 0 aliphatic carbocycles. The molecule has 0 heterocycles. The smallest absolute Gasteiger partial charge is 0.163 e. The van der Waals surface area contributed by atoms with Crippen LogP contribution in [-0.4, -0.2) is 18.7 Å². The Morgan fingerprint density at radius 1 is 1.53 bits per heavy atom. The maximum atomic E-state index is 13.0. The molecule has 1 aromatic rings. The summed E-state index contributed by atoms with van der Waals surface area (Å²) in [6.45, 7) is 3.33. The molecule has 0 fully saturated rings. The second-order valence-corrected chi connectivity index (χ2v) is 2.98. The first-order chi connectivity index (χ1) is 7.10.